The summed E-state index contributed by atoms with van der Waals surface area (Å²) < 4.78 is 5.64. The molecule has 0 aliphatic carbocycles. The average Bonchev–Trinajstić information content (AvgIpc) is 2.70. The topological polar surface area (TPSA) is 41.6 Å². The minimum absolute atomic E-state index is 0.121. The van der Waals surface area contributed by atoms with Gasteiger partial charge in [-0.25, -0.2) is 0 Å². The van der Waals surface area contributed by atoms with E-state index in [-0.39, 0.29) is 12.0 Å². The van der Waals surface area contributed by atoms with Gasteiger partial charge in [-0.05, 0) is 30.9 Å². The fourth-order valence-corrected chi connectivity index (χ4v) is 2.80. The SMILES string of the molecule is O=C(C1CCCCO1)N1CCNCc2ccccc21. The van der Waals surface area contributed by atoms with Gasteiger partial charge < -0.3 is 15.0 Å². The minimum atomic E-state index is -0.250. The summed E-state index contributed by atoms with van der Waals surface area (Å²) in [4.78, 5) is 14.5. The lowest BCUT2D eigenvalue weighted by molar-refractivity contribution is -0.132. The van der Waals surface area contributed by atoms with Crippen LogP contribution < -0.4 is 10.2 Å². The smallest absolute Gasteiger partial charge is 0.256 e. The summed E-state index contributed by atoms with van der Waals surface area (Å²) in [6.07, 6.45) is 2.76. The lowest BCUT2D eigenvalue weighted by Gasteiger charge is -2.29. The van der Waals surface area contributed by atoms with Crippen molar-refractivity contribution >= 4 is 11.6 Å². The molecular formula is C15H20N2O2. The molecule has 1 N–H and O–H groups in total. The lowest BCUT2D eigenvalue weighted by Crippen LogP contribution is -2.43. The van der Waals surface area contributed by atoms with Crippen molar-refractivity contribution in [1.82, 2.24) is 5.32 Å². The van der Waals surface area contributed by atoms with Gasteiger partial charge >= 0.3 is 0 Å². The van der Waals surface area contributed by atoms with Gasteiger partial charge in [0.15, 0.2) is 0 Å². The Morgan fingerprint density at radius 3 is 3.05 bits per heavy atom. The number of rotatable bonds is 1. The highest BCUT2D eigenvalue weighted by Gasteiger charge is 2.29. The first kappa shape index (κ1) is 12.6. The third-order valence-electron chi connectivity index (χ3n) is 3.83. The third kappa shape index (κ3) is 2.65. The summed E-state index contributed by atoms with van der Waals surface area (Å²) in [6.45, 7) is 3.08. The first-order chi connectivity index (χ1) is 9.36. The van der Waals surface area contributed by atoms with Crippen molar-refractivity contribution in [1.29, 1.82) is 0 Å². The van der Waals surface area contributed by atoms with Crippen LogP contribution in [0.1, 0.15) is 24.8 Å². The van der Waals surface area contributed by atoms with E-state index in [4.69, 9.17) is 4.74 Å². The number of para-hydroxylation sites is 1. The summed E-state index contributed by atoms with van der Waals surface area (Å²) in [5.74, 6) is 0.121. The fourth-order valence-electron chi connectivity index (χ4n) is 2.80. The lowest BCUT2D eigenvalue weighted by atomic mass is 10.1. The molecule has 0 aromatic heterocycles. The number of fused-ring (bicyclic) bond motifs is 1. The van der Waals surface area contributed by atoms with E-state index in [9.17, 15) is 4.79 Å². The zero-order valence-corrected chi connectivity index (χ0v) is 11.1. The number of nitrogens with zero attached hydrogens (tertiary/aromatic N) is 1. The molecule has 4 heteroatoms. The van der Waals surface area contributed by atoms with Crippen LogP contribution in [-0.2, 0) is 16.1 Å². The van der Waals surface area contributed by atoms with Crippen LogP contribution >= 0.6 is 0 Å². The highest BCUT2D eigenvalue weighted by molar-refractivity contribution is 5.97. The molecular weight excluding hydrogens is 240 g/mol. The second-order valence-corrected chi connectivity index (χ2v) is 5.15. The van der Waals surface area contributed by atoms with Crippen LogP contribution in [0.5, 0.6) is 0 Å². The summed E-state index contributed by atoms with van der Waals surface area (Å²) >= 11 is 0. The van der Waals surface area contributed by atoms with E-state index in [1.54, 1.807) is 0 Å². The Balaban J connectivity index is 1.84. The van der Waals surface area contributed by atoms with Crippen LogP contribution in [-0.4, -0.2) is 31.7 Å². The maximum Gasteiger partial charge on any atom is 0.256 e. The Bertz CT molecular complexity index is 455. The van der Waals surface area contributed by atoms with Crippen molar-refractivity contribution in [2.75, 3.05) is 24.6 Å². The number of anilines is 1. The summed E-state index contributed by atoms with van der Waals surface area (Å²) in [7, 11) is 0. The van der Waals surface area contributed by atoms with E-state index in [0.717, 1.165) is 44.6 Å². The van der Waals surface area contributed by atoms with Crippen LogP contribution in [0.15, 0.2) is 24.3 Å². The van der Waals surface area contributed by atoms with E-state index in [2.05, 4.69) is 11.4 Å². The molecule has 1 aromatic rings. The van der Waals surface area contributed by atoms with Gasteiger partial charge in [0.2, 0.25) is 0 Å². The van der Waals surface area contributed by atoms with Crippen LogP contribution in [0.2, 0.25) is 0 Å². The molecule has 19 heavy (non-hydrogen) atoms. The van der Waals surface area contributed by atoms with E-state index >= 15 is 0 Å². The molecule has 1 unspecified atom stereocenters. The van der Waals surface area contributed by atoms with Gasteiger partial charge in [-0.3, -0.25) is 4.79 Å². The predicted molar refractivity (Wildman–Crippen MR) is 74.1 cm³/mol. The van der Waals surface area contributed by atoms with Crippen LogP contribution in [0.3, 0.4) is 0 Å². The summed E-state index contributed by atoms with van der Waals surface area (Å²) in [5, 5.41) is 3.36. The van der Waals surface area contributed by atoms with Gasteiger partial charge in [0.05, 0.1) is 0 Å². The second-order valence-electron chi connectivity index (χ2n) is 5.15. The van der Waals surface area contributed by atoms with E-state index in [0.29, 0.717) is 6.61 Å². The molecule has 1 fully saturated rings. The zero-order chi connectivity index (χ0) is 13.1. The monoisotopic (exact) mass is 260 g/mol. The predicted octanol–water partition coefficient (Wildman–Crippen LogP) is 1.69. The van der Waals surface area contributed by atoms with Crippen molar-refractivity contribution in [2.24, 2.45) is 0 Å². The van der Waals surface area contributed by atoms with Gasteiger partial charge in [0, 0.05) is 31.9 Å². The first-order valence-corrected chi connectivity index (χ1v) is 7.08. The number of carbonyl (C=O) groups is 1. The molecule has 1 amide bonds. The molecule has 102 valence electrons. The molecule has 4 nitrogen and oxygen atoms in total. The third-order valence-corrected chi connectivity index (χ3v) is 3.83. The molecule has 1 saturated heterocycles. The summed E-state index contributed by atoms with van der Waals surface area (Å²) in [6, 6.07) is 8.12. The van der Waals surface area contributed by atoms with Crippen molar-refractivity contribution in [3.63, 3.8) is 0 Å². The van der Waals surface area contributed by atoms with Gasteiger partial charge in [0.25, 0.3) is 5.91 Å². The molecule has 1 aromatic carbocycles. The van der Waals surface area contributed by atoms with Crippen molar-refractivity contribution in [3.05, 3.63) is 29.8 Å². The number of benzene rings is 1. The molecule has 0 saturated carbocycles. The molecule has 0 spiro atoms. The number of hydrogen-bond acceptors (Lipinski definition) is 3. The maximum absolute atomic E-state index is 12.6. The van der Waals surface area contributed by atoms with Crippen molar-refractivity contribution < 1.29 is 9.53 Å². The standard InChI is InChI=1S/C15H20N2O2/c18-15(14-7-3-4-10-19-14)17-9-8-16-11-12-5-1-2-6-13(12)17/h1-2,5-6,14,16H,3-4,7-11H2. The Morgan fingerprint density at radius 2 is 2.21 bits per heavy atom. The highest BCUT2D eigenvalue weighted by Crippen LogP contribution is 2.25. The molecule has 0 bridgehead atoms. The minimum Gasteiger partial charge on any atom is -0.368 e. The van der Waals surface area contributed by atoms with E-state index in [1.807, 2.05) is 23.1 Å². The second kappa shape index (κ2) is 5.72. The Morgan fingerprint density at radius 1 is 1.32 bits per heavy atom. The Hall–Kier alpha value is -1.39. The zero-order valence-electron chi connectivity index (χ0n) is 11.1. The average molecular weight is 260 g/mol. The normalized spacial score (nSPS) is 23.6. The number of nitrogens with one attached hydrogen (secondary N) is 1. The highest BCUT2D eigenvalue weighted by atomic mass is 16.5. The van der Waals surface area contributed by atoms with Gasteiger partial charge in [-0.1, -0.05) is 18.2 Å². The number of amides is 1. The Kier molecular flexibility index (Phi) is 3.80. The first-order valence-electron chi connectivity index (χ1n) is 7.08. The summed E-state index contributed by atoms with van der Waals surface area (Å²) in [5.41, 5.74) is 2.22. The quantitative estimate of drug-likeness (QED) is 0.835. The van der Waals surface area contributed by atoms with Crippen molar-refractivity contribution in [2.45, 2.75) is 31.9 Å². The van der Waals surface area contributed by atoms with Gasteiger partial charge in [0.1, 0.15) is 6.10 Å². The van der Waals surface area contributed by atoms with Crippen LogP contribution in [0, 0.1) is 0 Å². The molecule has 2 aliphatic rings. The Labute approximate surface area is 113 Å². The number of ether oxygens (including phenoxy) is 1. The molecule has 1 atom stereocenters. The number of hydrogen-bond donors (Lipinski definition) is 1. The number of carbonyl (C=O) groups excluding carboxylic acids is 1. The van der Waals surface area contributed by atoms with E-state index in [1.165, 1.54) is 5.56 Å². The molecule has 2 aliphatic heterocycles. The maximum atomic E-state index is 12.6. The molecule has 0 radical (unpaired) electrons. The van der Waals surface area contributed by atoms with Gasteiger partial charge in [-0.2, -0.15) is 0 Å². The van der Waals surface area contributed by atoms with Crippen LogP contribution in [0.25, 0.3) is 0 Å². The molecule has 2 heterocycles. The fraction of sp³-hybridized carbons (Fsp3) is 0.533. The van der Waals surface area contributed by atoms with Crippen LogP contribution in [0.4, 0.5) is 5.69 Å². The largest absolute Gasteiger partial charge is 0.368 e. The van der Waals surface area contributed by atoms with E-state index < -0.39 is 0 Å². The van der Waals surface area contributed by atoms with Crippen molar-refractivity contribution in [3.8, 4) is 0 Å². The van der Waals surface area contributed by atoms with Gasteiger partial charge in [-0.15, -0.1) is 0 Å². The molecule has 3 rings (SSSR count).